The van der Waals surface area contributed by atoms with Gasteiger partial charge in [-0.15, -0.1) is 0 Å². The Morgan fingerprint density at radius 1 is 0.583 bits per heavy atom. The molecule has 0 spiro atoms. The Hall–Kier alpha value is -0.820. The number of unbranched alkanes of at least 4 members (excludes halogenated alkanes) is 13. The molecule has 0 N–H and O–H groups in total. The van der Waals surface area contributed by atoms with Gasteiger partial charge >= 0.3 is 0 Å². The van der Waals surface area contributed by atoms with Gasteiger partial charge in [-0.05, 0) is 12.0 Å². The van der Waals surface area contributed by atoms with Gasteiger partial charge in [0.1, 0.15) is 0 Å². The van der Waals surface area contributed by atoms with Crippen LogP contribution in [0, 0.1) is 6.92 Å². The molecule has 24 heavy (non-hydrogen) atoms. The Morgan fingerprint density at radius 2 is 1.04 bits per heavy atom. The molecule has 0 aromatic heterocycles. The predicted octanol–water partition coefficient (Wildman–Crippen LogP) is 7.50. The third-order valence-electron chi connectivity index (χ3n) is 4.65. The second-order valence-corrected chi connectivity index (χ2v) is 6.99. The van der Waals surface area contributed by atoms with Crippen LogP contribution < -0.4 is 0 Å². The second kappa shape index (κ2) is 17.0. The summed E-state index contributed by atoms with van der Waals surface area (Å²) in [5.74, 6) is 0. The molecule has 1 aromatic carbocycles. The fraction of sp³-hybridized carbons (Fsp3) is 0.696. The van der Waals surface area contributed by atoms with Crippen molar-refractivity contribution in [3.63, 3.8) is 0 Å². The van der Waals surface area contributed by atoms with Crippen molar-refractivity contribution in [2.24, 2.45) is 0 Å². The van der Waals surface area contributed by atoms with Crippen LogP contribution in [0.3, 0.4) is 0 Å². The van der Waals surface area contributed by atoms with Gasteiger partial charge in [0.2, 0.25) is 0 Å². The molecular formula is C23H39O. The van der Waals surface area contributed by atoms with Crippen LogP contribution in [-0.2, 0) is 11.3 Å². The number of ether oxygens (including phenoxy) is 1. The molecule has 0 unspecified atom stereocenters. The molecule has 137 valence electrons. The van der Waals surface area contributed by atoms with E-state index in [0.29, 0.717) is 0 Å². The number of hydrogen-bond acceptors (Lipinski definition) is 1. The van der Waals surface area contributed by atoms with E-state index in [1.807, 2.05) is 0 Å². The van der Waals surface area contributed by atoms with E-state index in [2.05, 4.69) is 37.3 Å². The van der Waals surface area contributed by atoms with Crippen LogP contribution in [0.15, 0.2) is 30.3 Å². The van der Waals surface area contributed by atoms with Crippen molar-refractivity contribution in [3.8, 4) is 0 Å². The van der Waals surface area contributed by atoms with Gasteiger partial charge in [0, 0.05) is 6.61 Å². The maximum Gasteiger partial charge on any atom is 0.0716 e. The Kier molecular flexibility index (Phi) is 15.0. The van der Waals surface area contributed by atoms with Crippen molar-refractivity contribution < 1.29 is 4.74 Å². The molecule has 0 aliphatic carbocycles. The molecule has 1 nitrogen and oxygen atoms in total. The van der Waals surface area contributed by atoms with Crippen LogP contribution in [0.1, 0.15) is 95.5 Å². The monoisotopic (exact) mass is 331 g/mol. The minimum absolute atomic E-state index is 0.760. The van der Waals surface area contributed by atoms with Crippen molar-refractivity contribution in [1.82, 2.24) is 0 Å². The summed E-state index contributed by atoms with van der Waals surface area (Å²) in [4.78, 5) is 0. The average Bonchev–Trinajstić information content (AvgIpc) is 2.62. The van der Waals surface area contributed by atoms with E-state index in [9.17, 15) is 0 Å². The number of rotatable bonds is 17. The maximum atomic E-state index is 5.72. The lowest BCUT2D eigenvalue weighted by Crippen LogP contribution is -1.95. The highest BCUT2D eigenvalue weighted by atomic mass is 16.5. The summed E-state index contributed by atoms with van der Waals surface area (Å²) in [6, 6.07) is 10.5. The molecule has 1 radical (unpaired) electrons. The second-order valence-electron chi connectivity index (χ2n) is 6.99. The lowest BCUT2D eigenvalue weighted by atomic mass is 10.0. The highest BCUT2D eigenvalue weighted by Crippen LogP contribution is 2.13. The standard InChI is InChI=1S/C23H39O/c1-2-3-4-5-6-7-8-9-10-11-12-13-14-18-21-24-22-23-19-16-15-17-20-23/h15-17,19-20H,1-14,18,21-22H2. The molecule has 0 heterocycles. The minimum atomic E-state index is 0.760. The van der Waals surface area contributed by atoms with Crippen molar-refractivity contribution in [3.05, 3.63) is 42.8 Å². The van der Waals surface area contributed by atoms with Crippen molar-refractivity contribution in [1.29, 1.82) is 0 Å². The van der Waals surface area contributed by atoms with Gasteiger partial charge in [-0.1, -0.05) is 121 Å². The molecule has 1 rings (SSSR count). The Morgan fingerprint density at radius 3 is 1.54 bits per heavy atom. The van der Waals surface area contributed by atoms with Gasteiger partial charge in [0.25, 0.3) is 0 Å². The molecule has 0 amide bonds. The van der Waals surface area contributed by atoms with Gasteiger partial charge in [0.05, 0.1) is 6.61 Å². The SMILES string of the molecule is [CH2]CCCCCCCCCCCCCCCOCc1ccccc1. The van der Waals surface area contributed by atoms with Crippen molar-refractivity contribution in [2.75, 3.05) is 6.61 Å². The van der Waals surface area contributed by atoms with E-state index in [1.54, 1.807) is 0 Å². The highest BCUT2D eigenvalue weighted by Gasteiger charge is 1.95. The van der Waals surface area contributed by atoms with E-state index >= 15 is 0 Å². The van der Waals surface area contributed by atoms with Crippen LogP contribution in [0.5, 0.6) is 0 Å². The first-order valence-corrected chi connectivity index (χ1v) is 10.3. The summed E-state index contributed by atoms with van der Waals surface area (Å²) in [6.07, 6.45) is 19.2. The zero-order chi connectivity index (χ0) is 17.1. The first-order valence-electron chi connectivity index (χ1n) is 10.3. The third-order valence-corrected chi connectivity index (χ3v) is 4.65. The van der Waals surface area contributed by atoms with Gasteiger partial charge in [-0.2, -0.15) is 0 Å². The number of hydrogen-bond donors (Lipinski definition) is 0. The van der Waals surface area contributed by atoms with Crippen molar-refractivity contribution >= 4 is 0 Å². The quantitative estimate of drug-likeness (QED) is 0.268. The summed E-state index contributed by atoms with van der Waals surface area (Å²) in [5.41, 5.74) is 1.28. The molecular weight excluding hydrogens is 292 g/mol. The Labute approximate surface area is 151 Å². The first-order chi connectivity index (χ1) is 11.9. The topological polar surface area (TPSA) is 9.23 Å². The summed E-state index contributed by atoms with van der Waals surface area (Å²) in [6.45, 7) is 5.56. The zero-order valence-electron chi connectivity index (χ0n) is 15.8. The van der Waals surface area contributed by atoms with Crippen LogP contribution in [0.25, 0.3) is 0 Å². The van der Waals surface area contributed by atoms with Crippen LogP contribution in [0.4, 0.5) is 0 Å². The van der Waals surface area contributed by atoms with E-state index in [0.717, 1.165) is 19.6 Å². The zero-order valence-corrected chi connectivity index (χ0v) is 15.8. The lowest BCUT2D eigenvalue weighted by molar-refractivity contribution is 0.116. The normalized spacial score (nSPS) is 11.0. The first kappa shape index (κ1) is 21.2. The van der Waals surface area contributed by atoms with Gasteiger partial charge in [-0.25, -0.2) is 0 Å². The summed E-state index contributed by atoms with van der Waals surface area (Å²) >= 11 is 0. The third kappa shape index (κ3) is 13.6. The maximum absolute atomic E-state index is 5.72. The van der Waals surface area contributed by atoms with Gasteiger partial charge < -0.3 is 4.74 Å². The summed E-state index contributed by atoms with van der Waals surface area (Å²) in [7, 11) is 0. The van der Waals surface area contributed by atoms with E-state index < -0.39 is 0 Å². The molecule has 0 bridgehead atoms. The van der Waals surface area contributed by atoms with Crippen molar-refractivity contribution in [2.45, 2.75) is 96.5 Å². The van der Waals surface area contributed by atoms with E-state index in [1.165, 1.54) is 89.0 Å². The molecule has 0 fully saturated rings. The molecule has 0 aliphatic rings. The van der Waals surface area contributed by atoms with E-state index in [4.69, 9.17) is 4.74 Å². The molecule has 1 heteroatoms. The van der Waals surface area contributed by atoms with E-state index in [-0.39, 0.29) is 0 Å². The Balaban J connectivity index is 1.70. The lowest BCUT2D eigenvalue weighted by Gasteiger charge is -2.05. The summed E-state index contributed by atoms with van der Waals surface area (Å²) < 4.78 is 5.72. The molecule has 0 aliphatic heterocycles. The Bertz CT molecular complexity index is 346. The molecule has 0 atom stereocenters. The number of benzene rings is 1. The molecule has 0 saturated carbocycles. The fourth-order valence-corrected chi connectivity index (χ4v) is 3.09. The van der Waals surface area contributed by atoms with Gasteiger partial charge in [-0.3, -0.25) is 0 Å². The molecule has 1 aromatic rings. The molecule has 0 saturated heterocycles. The smallest absolute Gasteiger partial charge is 0.0716 e. The fourth-order valence-electron chi connectivity index (χ4n) is 3.09. The van der Waals surface area contributed by atoms with Crippen LogP contribution >= 0.6 is 0 Å². The predicted molar refractivity (Wildman–Crippen MR) is 106 cm³/mol. The minimum Gasteiger partial charge on any atom is -0.377 e. The highest BCUT2D eigenvalue weighted by molar-refractivity contribution is 5.13. The van der Waals surface area contributed by atoms with Crippen LogP contribution in [0.2, 0.25) is 0 Å². The van der Waals surface area contributed by atoms with Gasteiger partial charge in [0.15, 0.2) is 0 Å². The average molecular weight is 332 g/mol. The van der Waals surface area contributed by atoms with Crippen LogP contribution in [-0.4, -0.2) is 6.61 Å². The summed E-state index contributed by atoms with van der Waals surface area (Å²) in [5, 5.41) is 0. The largest absolute Gasteiger partial charge is 0.377 e.